The summed E-state index contributed by atoms with van der Waals surface area (Å²) in [5.41, 5.74) is 0. The van der Waals surface area contributed by atoms with Gasteiger partial charge in [-0.25, -0.2) is 4.79 Å². The molecule has 0 aromatic carbocycles. The number of amides is 1. The SMILES string of the molecule is CCCC(=NOC(=O)NC)SC. The molecule has 1 amide bonds. The number of oxime groups is 1. The second kappa shape index (κ2) is 6.97. The number of thioether (sulfide) groups is 1. The number of nitrogens with zero attached hydrogens (tertiary/aromatic N) is 1. The normalized spacial score (nSPS) is 11.1. The fourth-order valence-electron chi connectivity index (χ4n) is 0.537. The number of nitrogens with one attached hydrogen (secondary N) is 1. The maximum absolute atomic E-state index is 10.6. The first kappa shape index (κ1) is 11.3. The molecule has 0 fully saturated rings. The third-order valence-electron chi connectivity index (χ3n) is 1.13. The first-order valence-corrected chi connectivity index (χ1v) is 4.96. The molecule has 0 heterocycles. The minimum atomic E-state index is -0.530. The molecule has 0 bridgehead atoms. The Morgan fingerprint density at radius 3 is 2.75 bits per heavy atom. The largest absolute Gasteiger partial charge is 0.433 e. The van der Waals surface area contributed by atoms with Crippen LogP contribution in [0.15, 0.2) is 5.16 Å². The van der Waals surface area contributed by atoms with E-state index < -0.39 is 6.09 Å². The molecule has 0 unspecified atom stereocenters. The third-order valence-corrected chi connectivity index (χ3v) is 1.88. The van der Waals surface area contributed by atoms with Crippen molar-refractivity contribution in [3.63, 3.8) is 0 Å². The Hall–Kier alpha value is -0.710. The lowest BCUT2D eigenvalue weighted by Crippen LogP contribution is -2.17. The highest BCUT2D eigenvalue weighted by Crippen LogP contribution is 2.05. The average Bonchev–Trinajstić information content (AvgIpc) is 2.11. The number of carbonyl (C=O) groups is 1. The number of rotatable bonds is 3. The Bertz CT molecular complexity index is 171. The van der Waals surface area contributed by atoms with Gasteiger partial charge < -0.3 is 5.32 Å². The molecule has 12 heavy (non-hydrogen) atoms. The Morgan fingerprint density at radius 1 is 1.67 bits per heavy atom. The zero-order chi connectivity index (χ0) is 9.40. The van der Waals surface area contributed by atoms with Crippen molar-refractivity contribution >= 4 is 22.9 Å². The molecule has 0 aliphatic carbocycles. The van der Waals surface area contributed by atoms with Crippen LogP contribution in [0.3, 0.4) is 0 Å². The minimum absolute atomic E-state index is 0.530. The van der Waals surface area contributed by atoms with Gasteiger partial charge in [0.15, 0.2) is 0 Å². The van der Waals surface area contributed by atoms with Crippen molar-refractivity contribution in [2.45, 2.75) is 19.8 Å². The van der Waals surface area contributed by atoms with Crippen molar-refractivity contribution in [3.8, 4) is 0 Å². The van der Waals surface area contributed by atoms with Gasteiger partial charge in [-0.3, -0.25) is 4.84 Å². The topological polar surface area (TPSA) is 50.7 Å². The first-order chi connectivity index (χ1) is 5.74. The summed E-state index contributed by atoms with van der Waals surface area (Å²) in [5, 5.41) is 6.81. The maximum atomic E-state index is 10.6. The van der Waals surface area contributed by atoms with E-state index >= 15 is 0 Å². The molecular formula is C7H14N2O2S. The van der Waals surface area contributed by atoms with E-state index in [1.807, 2.05) is 13.2 Å². The molecular weight excluding hydrogens is 176 g/mol. The molecule has 1 N–H and O–H groups in total. The molecule has 0 atom stereocenters. The molecule has 0 aliphatic heterocycles. The van der Waals surface area contributed by atoms with Crippen LogP contribution in [0.5, 0.6) is 0 Å². The fourth-order valence-corrected chi connectivity index (χ4v) is 1.06. The molecule has 4 nitrogen and oxygen atoms in total. The van der Waals surface area contributed by atoms with Gasteiger partial charge in [-0.15, -0.1) is 11.8 Å². The Morgan fingerprint density at radius 2 is 2.33 bits per heavy atom. The van der Waals surface area contributed by atoms with E-state index in [0.29, 0.717) is 0 Å². The summed E-state index contributed by atoms with van der Waals surface area (Å²) >= 11 is 1.49. The summed E-state index contributed by atoms with van der Waals surface area (Å²) in [7, 11) is 1.50. The number of hydrogen-bond acceptors (Lipinski definition) is 4. The lowest BCUT2D eigenvalue weighted by Gasteiger charge is -1.99. The molecule has 70 valence electrons. The Labute approximate surface area is 76.7 Å². The van der Waals surface area contributed by atoms with Gasteiger partial charge in [0.1, 0.15) is 5.04 Å². The van der Waals surface area contributed by atoms with E-state index in [-0.39, 0.29) is 0 Å². The minimum Gasteiger partial charge on any atom is -0.323 e. The summed E-state index contributed by atoms with van der Waals surface area (Å²) in [6, 6.07) is 0. The van der Waals surface area contributed by atoms with Crippen LogP contribution < -0.4 is 5.32 Å². The molecule has 0 spiro atoms. The Kier molecular flexibility index (Phi) is 6.55. The van der Waals surface area contributed by atoms with Crippen molar-refractivity contribution in [1.82, 2.24) is 5.32 Å². The van der Waals surface area contributed by atoms with Crippen LogP contribution >= 0.6 is 11.8 Å². The molecule has 5 heteroatoms. The summed E-state index contributed by atoms with van der Waals surface area (Å²) in [5.74, 6) is 0. The van der Waals surface area contributed by atoms with Gasteiger partial charge in [-0.2, -0.15) is 0 Å². The van der Waals surface area contributed by atoms with E-state index in [0.717, 1.165) is 17.9 Å². The summed E-state index contributed by atoms with van der Waals surface area (Å²) in [4.78, 5) is 15.1. The third kappa shape index (κ3) is 5.01. The molecule has 0 radical (unpaired) electrons. The van der Waals surface area contributed by atoms with Gasteiger partial charge in [-0.05, 0) is 19.1 Å². The van der Waals surface area contributed by atoms with E-state index in [2.05, 4.69) is 15.3 Å². The smallest absolute Gasteiger partial charge is 0.323 e. The predicted molar refractivity (Wildman–Crippen MR) is 51.4 cm³/mol. The summed E-state index contributed by atoms with van der Waals surface area (Å²) in [6.45, 7) is 2.05. The fraction of sp³-hybridized carbons (Fsp3) is 0.714. The highest BCUT2D eigenvalue weighted by atomic mass is 32.2. The molecule has 0 aromatic rings. The van der Waals surface area contributed by atoms with Crippen LogP contribution in [0.2, 0.25) is 0 Å². The maximum Gasteiger partial charge on any atom is 0.433 e. The van der Waals surface area contributed by atoms with E-state index in [4.69, 9.17) is 0 Å². The van der Waals surface area contributed by atoms with Crippen LogP contribution in [0.25, 0.3) is 0 Å². The Balaban J connectivity index is 3.84. The number of carbonyl (C=O) groups excluding carboxylic acids is 1. The lowest BCUT2D eigenvalue weighted by atomic mass is 10.4. The number of hydrogen-bond donors (Lipinski definition) is 1. The van der Waals surface area contributed by atoms with Gasteiger partial charge in [0.2, 0.25) is 0 Å². The lowest BCUT2D eigenvalue weighted by molar-refractivity contribution is 0.153. The highest BCUT2D eigenvalue weighted by molar-refractivity contribution is 8.13. The van der Waals surface area contributed by atoms with Gasteiger partial charge in [0, 0.05) is 7.05 Å². The van der Waals surface area contributed by atoms with Crippen LogP contribution in [-0.4, -0.2) is 24.4 Å². The van der Waals surface area contributed by atoms with Crippen LogP contribution in [-0.2, 0) is 4.84 Å². The van der Waals surface area contributed by atoms with E-state index in [1.54, 1.807) is 0 Å². The van der Waals surface area contributed by atoms with E-state index in [9.17, 15) is 4.79 Å². The van der Waals surface area contributed by atoms with Crippen LogP contribution in [0, 0.1) is 0 Å². The van der Waals surface area contributed by atoms with Crippen LogP contribution in [0.1, 0.15) is 19.8 Å². The van der Waals surface area contributed by atoms with Gasteiger partial charge >= 0.3 is 6.09 Å². The highest BCUT2D eigenvalue weighted by Gasteiger charge is 1.99. The molecule has 0 saturated heterocycles. The van der Waals surface area contributed by atoms with Crippen molar-refractivity contribution in [1.29, 1.82) is 0 Å². The second-order valence-electron chi connectivity index (χ2n) is 2.07. The van der Waals surface area contributed by atoms with Gasteiger partial charge in [0.05, 0.1) is 0 Å². The quantitative estimate of drug-likeness (QED) is 0.319. The first-order valence-electron chi connectivity index (χ1n) is 3.74. The monoisotopic (exact) mass is 190 g/mol. The zero-order valence-electron chi connectivity index (χ0n) is 7.59. The zero-order valence-corrected chi connectivity index (χ0v) is 8.40. The van der Waals surface area contributed by atoms with Crippen molar-refractivity contribution in [2.24, 2.45) is 5.16 Å². The molecule has 0 aliphatic rings. The average molecular weight is 190 g/mol. The van der Waals surface area contributed by atoms with Gasteiger partial charge in [0.25, 0.3) is 0 Å². The predicted octanol–water partition coefficient (Wildman–Crippen LogP) is 1.82. The van der Waals surface area contributed by atoms with Crippen molar-refractivity contribution < 1.29 is 9.63 Å². The standard InChI is InChI=1S/C7H14N2O2S/c1-4-5-6(12-3)9-11-7(10)8-2/h4-5H2,1-3H3,(H,8,10). The molecule has 0 aromatic heterocycles. The van der Waals surface area contributed by atoms with Crippen LogP contribution in [0.4, 0.5) is 4.79 Å². The molecule has 0 rings (SSSR count). The van der Waals surface area contributed by atoms with Gasteiger partial charge in [-0.1, -0.05) is 12.1 Å². The second-order valence-corrected chi connectivity index (χ2v) is 2.95. The summed E-state index contributed by atoms with van der Waals surface area (Å²) in [6.07, 6.45) is 3.22. The van der Waals surface area contributed by atoms with Crippen molar-refractivity contribution in [3.05, 3.63) is 0 Å². The van der Waals surface area contributed by atoms with Crippen molar-refractivity contribution in [2.75, 3.05) is 13.3 Å². The molecule has 0 saturated carbocycles. The summed E-state index contributed by atoms with van der Waals surface area (Å²) < 4.78 is 0. The van der Waals surface area contributed by atoms with E-state index in [1.165, 1.54) is 18.8 Å².